The largest absolute Gasteiger partial charge is 0.481 e. The second-order valence-electron chi connectivity index (χ2n) is 6.14. The number of nitrogens with zero attached hydrogens (tertiary/aromatic N) is 1. The Morgan fingerprint density at radius 3 is 2.33 bits per heavy atom. The molecule has 0 amide bonds. The minimum Gasteiger partial charge on any atom is -0.481 e. The van der Waals surface area contributed by atoms with Crippen molar-refractivity contribution in [3.63, 3.8) is 0 Å². The summed E-state index contributed by atoms with van der Waals surface area (Å²) in [6.07, 6.45) is 3.09. The standard InChI is InChI=1S/C21H18N2O4/c22-16-9-5-14(6-10-16)7-11-17-12-8-15-3-1-2-4-18(15)23(17)19(21(26)27)13-20(24)25/h1-12,19,22H,13H2,(H2,24,25,26,27)/p+1. The molecule has 0 radical (unpaired) electrons. The van der Waals surface area contributed by atoms with Crippen LogP contribution < -0.4 is 10.3 Å². The van der Waals surface area contributed by atoms with Gasteiger partial charge >= 0.3 is 11.9 Å². The van der Waals surface area contributed by atoms with E-state index in [9.17, 15) is 19.8 Å². The number of aliphatic carboxylic acids is 2. The maximum atomic E-state index is 11.8. The first kappa shape index (κ1) is 18.1. The fourth-order valence-electron chi connectivity index (χ4n) is 2.97. The summed E-state index contributed by atoms with van der Waals surface area (Å²) in [5.74, 6) is -2.36. The van der Waals surface area contributed by atoms with E-state index in [2.05, 4.69) is 0 Å². The van der Waals surface area contributed by atoms with Crippen LogP contribution in [0.4, 0.5) is 5.69 Å². The van der Waals surface area contributed by atoms with E-state index in [0.717, 1.165) is 10.9 Å². The summed E-state index contributed by atoms with van der Waals surface area (Å²) in [5.41, 5.74) is 8.50. The molecule has 3 rings (SSSR count). The van der Waals surface area contributed by atoms with E-state index >= 15 is 0 Å². The van der Waals surface area contributed by atoms with E-state index in [4.69, 9.17) is 5.73 Å². The molecule has 27 heavy (non-hydrogen) atoms. The monoisotopic (exact) mass is 363 g/mol. The Morgan fingerprint density at radius 1 is 0.963 bits per heavy atom. The lowest BCUT2D eigenvalue weighted by molar-refractivity contribution is -0.686. The fourth-order valence-corrected chi connectivity index (χ4v) is 2.97. The zero-order valence-corrected chi connectivity index (χ0v) is 14.4. The molecule has 4 N–H and O–H groups in total. The van der Waals surface area contributed by atoms with Crippen molar-refractivity contribution >= 4 is 40.7 Å². The van der Waals surface area contributed by atoms with Gasteiger partial charge in [-0.15, -0.1) is 0 Å². The zero-order chi connectivity index (χ0) is 19.4. The van der Waals surface area contributed by atoms with Crippen LogP contribution in [0, 0.1) is 0 Å². The number of para-hydroxylation sites is 1. The van der Waals surface area contributed by atoms with E-state index < -0.39 is 24.4 Å². The normalized spacial score (nSPS) is 12.3. The van der Waals surface area contributed by atoms with Gasteiger partial charge in [-0.2, -0.15) is 4.57 Å². The lowest BCUT2D eigenvalue weighted by atomic mass is 10.1. The number of carboxylic acids is 2. The van der Waals surface area contributed by atoms with Crippen LogP contribution in [-0.2, 0) is 9.59 Å². The maximum Gasteiger partial charge on any atom is 0.374 e. The van der Waals surface area contributed by atoms with Crippen LogP contribution in [0.5, 0.6) is 0 Å². The molecule has 0 fully saturated rings. The molecule has 1 aromatic heterocycles. The molecule has 0 aliphatic rings. The van der Waals surface area contributed by atoms with Gasteiger partial charge in [-0.05, 0) is 35.9 Å². The van der Waals surface area contributed by atoms with Crippen molar-refractivity contribution in [3.05, 3.63) is 71.9 Å². The highest BCUT2D eigenvalue weighted by molar-refractivity contribution is 5.81. The van der Waals surface area contributed by atoms with Crippen LogP contribution >= 0.6 is 0 Å². The van der Waals surface area contributed by atoms with Gasteiger partial charge in [0.2, 0.25) is 11.2 Å². The Bertz CT molecular complexity index is 1030. The third-order valence-electron chi connectivity index (χ3n) is 4.26. The average Bonchev–Trinajstić information content (AvgIpc) is 2.65. The fraction of sp³-hybridized carbons (Fsp3) is 0.0952. The molecule has 136 valence electrons. The van der Waals surface area contributed by atoms with Gasteiger partial charge in [0.15, 0.2) is 0 Å². The highest BCUT2D eigenvalue weighted by atomic mass is 16.4. The van der Waals surface area contributed by atoms with Crippen LogP contribution in [-0.4, -0.2) is 22.2 Å². The van der Waals surface area contributed by atoms with Gasteiger partial charge in [-0.3, -0.25) is 4.79 Å². The molecular weight excluding hydrogens is 344 g/mol. The number of hydrogen-bond acceptors (Lipinski definition) is 3. The molecule has 3 aromatic rings. The summed E-state index contributed by atoms with van der Waals surface area (Å²) in [6.45, 7) is 0. The first-order valence-electron chi connectivity index (χ1n) is 8.37. The second-order valence-corrected chi connectivity index (χ2v) is 6.14. The zero-order valence-electron chi connectivity index (χ0n) is 14.4. The number of nitrogens with two attached hydrogens (primary N) is 1. The molecule has 1 heterocycles. The molecule has 0 spiro atoms. The van der Waals surface area contributed by atoms with Crippen LogP contribution in [0.25, 0.3) is 23.1 Å². The Labute approximate surface area is 155 Å². The predicted molar refractivity (Wildman–Crippen MR) is 103 cm³/mol. The van der Waals surface area contributed by atoms with E-state index in [1.165, 1.54) is 0 Å². The quantitative estimate of drug-likeness (QED) is 0.461. The molecule has 0 bridgehead atoms. The molecule has 0 saturated heterocycles. The van der Waals surface area contributed by atoms with Gasteiger partial charge in [-0.25, -0.2) is 4.79 Å². The molecule has 0 aliphatic carbocycles. The number of pyridine rings is 1. The van der Waals surface area contributed by atoms with Crippen LogP contribution in [0.3, 0.4) is 0 Å². The lowest BCUT2D eigenvalue weighted by Crippen LogP contribution is -2.48. The highest BCUT2D eigenvalue weighted by Gasteiger charge is 2.34. The minimum absolute atomic E-state index is 0.517. The van der Waals surface area contributed by atoms with Crippen LogP contribution in [0.15, 0.2) is 60.7 Å². The smallest absolute Gasteiger partial charge is 0.374 e. The Kier molecular flexibility index (Phi) is 5.17. The van der Waals surface area contributed by atoms with E-state index in [0.29, 0.717) is 16.9 Å². The minimum atomic E-state index is -1.22. The summed E-state index contributed by atoms with van der Waals surface area (Å²) in [6, 6.07) is 17.0. The first-order valence-corrected chi connectivity index (χ1v) is 8.37. The third kappa shape index (κ3) is 4.12. The van der Waals surface area contributed by atoms with Crippen molar-refractivity contribution in [1.29, 1.82) is 0 Å². The second kappa shape index (κ2) is 7.70. The van der Waals surface area contributed by atoms with Gasteiger partial charge in [0.05, 0.1) is 0 Å². The number of fused-ring (bicyclic) bond motifs is 1. The van der Waals surface area contributed by atoms with Crippen molar-refractivity contribution in [2.24, 2.45) is 0 Å². The van der Waals surface area contributed by atoms with Gasteiger partial charge in [-0.1, -0.05) is 24.3 Å². The van der Waals surface area contributed by atoms with Crippen molar-refractivity contribution in [2.75, 3.05) is 5.73 Å². The average molecular weight is 363 g/mol. The summed E-state index contributed by atoms with van der Waals surface area (Å²) in [5, 5.41) is 19.7. The number of hydrogen-bond donors (Lipinski definition) is 3. The summed E-state index contributed by atoms with van der Waals surface area (Å²) >= 11 is 0. The topological polar surface area (TPSA) is 105 Å². The Morgan fingerprint density at radius 2 is 1.67 bits per heavy atom. The molecule has 1 unspecified atom stereocenters. The third-order valence-corrected chi connectivity index (χ3v) is 4.26. The van der Waals surface area contributed by atoms with E-state index in [1.807, 2.05) is 36.4 Å². The lowest BCUT2D eigenvalue weighted by Gasteiger charge is -2.11. The molecular formula is C21H19N2O4+. The predicted octanol–water partition coefficient (Wildman–Crippen LogP) is 2.98. The maximum absolute atomic E-state index is 11.8. The molecule has 2 aromatic carbocycles. The van der Waals surface area contributed by atoms with Crippen molar-refractivity contribution in [1.82, 2.24) is 0 Å². The van der Waals surface area contributed by atoms with Crippen LogP contribution in [0.2, 0.25) is 0 Å². The SMILES string of the molecule is Nc1ccc(/C=C/c2ccc3ccccc3[n+]2C(CC(=O)O)C(=O)O)cc1. The number of anilines is 1. The van der Waals surface area contributed by atoms with E-state index in [-0.39, 0.29) is 0 Å². The number of carboxylic acid groups (broad SMARTS) is 2. The molecule has 0 saturated carbocycles. The molecule has 1 atom stereocenters. The summed E-state index contributed by atoms with van der Waals surface area (Å²) < 4.78 is 1.56. The van der Waals surface area contributed by atoms with Gasteiger partial charge in [0, 0.05) is 29.3 Å². The Balaban J connectivity index is 2.15. The Hall–Kier alpha value is -3.67. The van der Waals surface area contributed by atoms with Gasteiger partial charge in [0.1, 0.15) is 6.42 Å². The number of rotatable bonds is 6. The van der Waals surface area contributed by atoms with Crippen molar-refractivity contribution in [2.45, 2.75) is 12.5 Å². The molecule has 0 aliphatic heterocycles. The summed E-state index contributed by atoms with van der Waals surface area (Å²) in [7, 11) is 0. The van der Waals surface area contributed by atoms with Crippen LogP contribution in [0.1, 0.15) is 23.7 Å². The molecule has 6 nitrogen and oxygen atoms in total. The number of carbonyl (C=O) groups is 2. The molecule has 6 heteroatoms. The van der Waals surface area contributed by atoms with Crippen molar-refractivity contribution in [3.8, 4) is 0 Å². The van der Waals surface area contributed by atoms with E-state index in [1.54, 1.807) is 41.0 Å². The van der Waals surface area contributed by atoms with Gasteiger partial charge < -0.3 is 15.9 Å². The van der Waals surface area contributed by atoms with Gasteiger partial charge in [0.25, 0.3) is 6.04 Å². The first-order chi connectivity index (χ1) is 13.0. The highest BCUT2D eigenvalue weighted by Crippen LogP contribution is 2.18. The number of benzene rings is 2. The number of aromatic nitrogens is 1. The summed E-state index contributed by atoms with van der Waals surface area (Å²) in [4.78, 5) is 23.1. The number of nitrogen functional groups attached to an aromatic ring is 1. The van der Waals surface area contributed by atoms with Crippen molar-refractivity contribution < 1.29 is 24.4 Å².